The summed E-state index contributed by atoms with van der Waals surface area (Å²) in [6, 6.07) is 71.1. The third-order valence-electron chi connectivity index (χ3n) is 11.8. The van der Waals surface area contributed by atoms with Crippen molar-refractivity contribution in [2.75, 3.05) is 0 Å². The highest BCUT2D eigenvalue weighted by Crippen LogP contribution is 2.42. The minimum absolute atomic E-state index is 0.997. The Morgan fingerprint density at radius 1 is 0.390 bits per heavy atom. The molecule has 9 aromatic carbocycles. The largest absolute Gasteiger partial charge is 0.309 e. The van der Waals surface area contributed by atoms with Crippen LogP contribution in [0.5, 0.6) is 0 Å². The third-order valence-corrected chi connectivity index (χ3v) is 13.4. The van der Waals surface area contributed by atoms with E-state index in [0.717, 1.165) is 21.4 Å². The summed E-state index contributed by atoms with van der Waals surface area (Å²) in [6.45, 7) is 0. The second kappa shape index (κ2) is 13.6. The number of hydrogen-bond donors (Lipinski definition) is 0. The van der Waals surface area contributed by atoms with Crippen LogP contribution in [0.3, 0.4) is 0 Å². The van der Waals surface area contributed by atoms with Crippen molar-refractivity contribution in [2.45, 2.75) is 0 Å². The molecule has 59 heavy (non-hydrogen) atoms. The van der Waals surface area contributed by atoms with Gasteiger partial charge in [-0.05, 0) is 140 Å². The normalized spacial score (nSPS) is 11.8. The average Bonchev–Trinajstić information content (AvgIpc) is 3.82. The molecule has 0 spiro atoms. The van der Waals surface area contributed by atoms with Crippen molar-refractivity contribution >= 4 is 90.8 Å². The first-order valence-electron chi connectivity index (χ1n) is 19.9. The van der Waals surface area contributed by atoms with Crippen LogP contribution < -0.4 is 0 Å². The van der Waals surface area contributed by atoms with Gasteiger partial charge in [0.05, 0.1) is 16.7 Å². The topological polar surface area (TPSA) is 17.8 Å². The van der Waals surface area contributed by atoms with Gasteiger partial charge in [-0.15, -0.1) is 11.3 Å². The van der Waals surface area contributed by atoms with Gasteiger partial charge in [0.1, 0.15) is 0 Å². The Morgan fingerprint density at radius 3 is 1.95 bits per heavy atom. The van der Waals surface area contributed by atoms with Crippen LogP contribution >= 0.6 is 27.3 Å². The van der Waals surface area contributed by atoms with E-state index in [1.807, 2.05) is 29.7 Å². The van der Waals surface area contributed by atoms with E-state index in [4.69, 9.17) is 0 Å². The van der Waals surface area contributed by atoms with Crippen molar-refractivity contribution in [1.82, 2.24) is 9.55 Å². The predicted octanol–water partition coefficient (Wildman–Crippen LogP) is 16.3. The van der Waals surface area contributed by atoms with E-state index in [9.17, 15) is 0 Å². The lowest BCUT2D eigenvalue weighted by Gasteiger charge is -2.13. The number of halogens is 1. The molecule has 0 unspecified atom stereocenters. The zero-order valence-electron chi connectivity index (χ0n) is 31.7. The molecular formula is C55H33BrN2S. The van der Waals surface area contributed by atoms with Gasteiger partial charge >= 0.3 is 0 Å². The average molecular weight is 834 g/mol. The molecule has 0 radical (unpaired) electrons. The maximum Gasteiger partial charge on any atom is 0.0702 e. The van der Waals surface area contributed by atoms with Gasteiger partial charge in [0.2, 0.25) is 0 Å². The predicted molar refractivity (Wildman–Crippen MR) is 256 cm³/mol. The lowest BCUT2D eigenvalue weighted by atomic mass is 9.96. The Labute approximate surface area is 353 Å². The van der Waals surface area contributed by atoms with E-state index >= 15 is 0 Å². The van der Waals surface area contributed by atoms with E-state index in [-0.39, 0.29) is 0 Å². The van der Waals surface area contributed by atoms with Crippen molar-refractivity contribution in [3.63, 3.8) is 0 Å². The maximum absolute atomic E-state index is 4.58. The van der Waals surface area contributed by atoms with Gasteiger partial charge in [0.15, 0.2) is 0 Å². The van der Waals surface area contributed by atoms with E-state index in [1.54, 1.807) is 0 Å². The van der Waals surface area contributed by atoms with Gasteiger partial charge in [-0.25, -0.2) is 0 Å². The summed E-state index contributed by atoms with van der Waals surface area (Å²) in [5.41, 5.74) is 12.8. The number of rotatable bonds is 5. The van der Waals surface area contributed by atoms with Gasteiger partial charge < -0.3 is 4.57 Å². The lowest BCUT2D eigenvalue weighted by Crippen LogP contribution is -1.94. The molecule has 0 aliphatic rings. The monoisotopic (exact) mass is 832 g/mol. The van der Waals surface area contributed by atoms with Crippen LogP contribution in [0.1, 0.15) is 0 Å². The Morgan fingerprint density at radius 2 is 1.10 bits per heavy atom. The number of thiophene rings is 1. The summed E-state index contributed by atoms with van der Waals surface area (Å²) < 4.78 is 6.06. The summed E-state index contributed by atoms with van der Waals surface area (Å²) in [5.74, 6) is 0. The molecule has 2 nitrogen and oxygen atoms in total. The van der Waals surface area contributed by atoms with Crippen molar-refractivity contribution in [3.05, 3.63) is 205 Å². The zero-order chi connectivity index (χ0) is 39.0. The molecule has 276 valence electrons. The summed E-state index contributed by atoms with van der Waals surface area (Å²) in [7, 11) is 0. The van der Waals surface area contributed by atoms with Gasteiger partial charge in [-0.2, -0.15) is 0 Å². The molecule has 0 aliphatic carbocycles. The molecule has 0 fully saturated rings. The van der Waals surface area contributed by atoms with E-state index in [1.165, 1.54) is 96.9 Å². The first-order valence-corrected chi connectivity index (χ1v) is 21.5. The Kier molecular flexibility index (Phi) is 7.90. The number of pyridine rings is 1. The molecule has 0 aliphatic heterocycles. The van der Waals surface area contributed by atoms with E-state index in [0.29, 0.717) is 0 Å². The van der Waals surface area contributed by atoms with Crippen LogP contribution in [-0.2, 0) is 0 Å². The Hall–Kier alpha value is -6.85. The molecular weight excluding hydrogens is 801 g/mol. The Bertz CT molecular complexity index is 3630. The molecule has 0 bridgehead atoms. The summed E-state index contributed by atoms with van der Waals surface area (Å²) in [6.07, 6.45) is 1.86. The third kappa shape index (κ3) is 5.78. The van der Waals surface area contributed by atoms with Gasteiger partial charge in [0.25, 0.3) is 0 Å². The highest BCUT2D eigenvalue weighted by atomic mass is 79.9. The van der Waals surface area contributed by atoms with E-state index in [2.05, 4.69) is 207 Å². The molecule has 0 saturated carbocycles. The highest BCUT2D eigenvalue weighted by molar-refractivity contribution is 9.10. The number of aromatic nitrogens is 2. The smallest absolute Gasteiger partial charge is 0.0702 e. The van der Waals surface area contributed by atoms with E-state index < -0.39 is 0 Å². The first kappa shape index (κ1) is 34.2. The van der Waals surface area contributed by atoms with Crippen LogP contribution in [0, 0.1) is 0 Å². The lowest BCUT2D eigenvalue weighted by molar-refractivity contribution is 1.18. The summed E-state index contributed by atoms with van der Waals surface area (Å²) in [5, 5.41) is 10.0. The minimum atomic E-state index is 0.997. The summed E-state index contributed by atoms with van der Waals surface area (Å²) in [4.78, 5) is 4.58. The fourth-order valence-electron chi connectivity index (χ4n) is 9.03. The van der Waals surface area contributed by atoms with Crippen LogP contribution in [0.2, 0.25) is 0 Å². The quantitative estimate of drug-likeness (QED) is 0.169. The van der Waals surface area contributed by atoms with Crippen molar-refractivity contribution in [3.8, 4) is 50.3 Å². The highest BCUT2D eigenvalue weighted by Gasteiger charge is 2.17. The van der Waals surface area contributed by atoms with Gasteiger partial charge in [0, 0.05) is 52.9 Å². The van der Waals surface area contributed by atoms with Crippen LogP contribution in [0.25, 0.3) is 114 Å². The zero-order valence-corrected chi connectivity index (χ0v) is 34.1. The number of nitrogens with zero attached hydrogens (tertiary/aromatic N) is 2. The van der Waals surface area contributed by atoms with Gasteiger partial charge in [-0.1, -0.05) is 125 Å². The van der Waals surface area contributed by atoms with Crippen LogP contribution in [-0.4, -0.2) is 9.55 Å². The molecule has 0 N–H and O–H groups in total. The van der Waals surface area contributed by atoms with Crippen molar-refractivity contribution in [2.24, 2.45) is 0 Å². The molecule has 12 rings (SSSR count). The second-order valence-electron chi connectivity index (χ2n) is 15.3. The fraction of sp³-hybridized carbons (Fsp3) is 0. The molecule has 0 atom stereocenters. The molecule has 3 aromatic heterocycles. The molecule has 0 amide bonds. The summed E-state index contributed by atoms with van der Waals surface area (Å²) >= 11 is 5.75. The number of benzene rings is 9. The molecule has 0 saturated heterocycles. The van der Waals surface area contributed by atoms with Gasteiger partial charge in [-0.3, -0.25) is 4.98 Å². The minimum Gasteiger partial charge on any atom is -0.309 e. The molecule has 12 aromatic rings. The second-order valence-corrected chi connectivity index (χ2v) is 17.3. The van der Waals surface area contributed by atoms with Crippen LogP contribution in [0.15, 0.2) is 205 Å². The van der Waals surface area contributed by atoms with Crippen molar-refractivity contribution in [1.29, 1.82) is 0 Å². The number of fused-ring (bicyclic) bond motifs is 8. The van der Waals surface area contributed by atoms with Crippen LogP contribution in [0.4, 0.5) is 0 Å². The van der Waals surface area contributed by atoms with Crippen molar-refractivity contribution < 1.29 is 0 Å². The molecule has 4 heteroatoms. The fourth-order valence-corrected chi connectivity index (χ4v) is 10.6. The maximum atomic E-state index is 4.58. The SMILES string of the molecule is Brc1cc(-c2ccc3sc4cc(-c5ccccn5)ccc4c3c2)cc(-c2ccc3c(c2)c2cc4ccccc4cc2n3-c2cccc(-c3cccc4ccccc34)c2)c1. The first-order chi connectivity index (χ1) is 29.1. The standard InChI is InChI=1S/C55H33BrN2S/c56-43-26-41(25-42(27-43)38-20-23-54-50(31-38)47-21-18-40(33-55(47)59-54)51-17-5-6-24-57-51)37-19-22-52-48(30-37)49-29-35-10-1-2-11-36(35)32-53(49)58(52)44-14-7-13-39(28-44)46-16-8-12-34-9-3-4-15-45(34)46/h1-33H. The number of hydrogen-bond acceptors (Lipinski definition) is 2. The molecule has 3 heterocycles. The Balaban J connectivity index is 0.990.